The van der Waals surface area contributed by atoms with Crippen molar-refractivity contribution >= 4 is 28.1 Å². The molecular formula is C14H18BrN3O2. The molecule has 1 heterocycles. The monoisotopic (exact) mass is 339 g/mol. The molecule has 0 aromatic heterocycles. The van der Waals surface area contributed by atoms with Gasteiger partial charge in [0.05, 0.1) is 19.9 Å². The van der Waals surface area contributed by atoms with Crippen LogP contribution < -0.4 is 10.2 Å². The lowest BCUT2D eigenvalue weighted by Gasteiger charge is -2.12. The van der Waals surface area contributed by atoms with Crippen LogP contribution in [0.25, 0.3) is 0 Å². The molecule has 0 spiro atoms. The van der Waals surface area contributed by atoms with Crippen LogP contribution in [-0.2, 0) is 4.79 Å². The van der Waals surface area contributed by atoms with E-state index in [1.165, 1.54) is 12.8 Å². The molecule has 0 aliphatic carbocycles. The van der Waals surface area contributed by atoms with Crippen molar-refractivity contribution < 1.29 is 9.53 Å². The third kappa shape index (κ3) is 4.31. The highest BCUT2D eigenvalue weighted by molar-refractivity contribution is 9.10. The first-order valence-corrected chi connectivity index (χ1v) is 7.36. The van der Waals surface area contributed by atoms with Gasteiger partial charge in [-0.3, -0.25) is 9.69 Å². The maximum Gasteiger partial charge on any atom is 0.254 e. The molecule has 0 saturated carbocycles. The van der Waals surface area contributed by atoms with Gasteiger partial charge in [0.15, 0.2) is 0 Å². The van der Waals surface area contributed by atoms with E-state index < -0.39 is 0 Å². The third-order valence-electron chi connectivity index (χ3n) is 3.15. The van der Waals surface area contributed by atoms with Gasteiger partial charge < -0.3 is 4.74 Å². The number of carbonyl (C=O) groups excluding carboxylic acids is 1. The van der Waals surface area contributed by atoms with E-state index in [1.54, 1.807) is 13.3 Å². The predicted octanol–water partition coefficient (Wildman–Crippen LogP) is 2.00. The van der Waals surface area contributed by atoms with E-state index in [4.69, 9.17) is 4.74 Å². The molecule has 0 bridgehead atoms. The van der Waals surface area contributed by atoms with E-state index in [1.807, 2.05) is 18.2 Å². The summed E-state index contributed by atoms with van der Waals surface area (Å²) in [4.78, 5) is 13.8. The Hall–Kier alpha value is -1.40. The maximum atomic E-state index is 11.7. The Bertz CT molecular complexity index is 499. The SMILES string of the molecule is COc1ccc(Br)cc1/C=N\NC(=O)CN1CCCC1. The molecule has 0 unspecified atom stereocenters. The average Bonchev–Trinajstić information content (AvgIpc) is 2.92. The molecule has 6 heteroatoms. The number of nitrogens with one attached hydrogen (secondary N) is 1. The molecule has 2 rings (SSSR count). The molecule has 1 N–H and O–H groups in total. The van der Waals surface area contributed by atoms with E-state index in [-0.39, 0.29) is 5.91 Å². The Kier molecular flexibility index (Phi) is 5.55. The number of methoxy groups -OCH3 is 1. The number of hydrazone groups is 1. The molecule has 108 valence electrons. The summed E-state index contributed by atoms with van der Waals surface area (Å²) in [6.07, 6.45) is 3.93. The minimum atomic E-state index is -0.0860. The van der Waals surface area contributed by atoms with Crippen LogP contribution in [-0.4, -0.2) is 43.8 Å². The smallest absolute Gasteiger partial charge is 0.254 e. The number of hydrogen-bond donors (Lipinski definition) is 1. The highest BCUT2D eigenvalue weighted by Crippen LogP contribution is 2.21. The fourth-order valence-electron chi connectivity index (χ4n) is 2.16. The molecule has 1 saturated heterocycles. The van der Waals surface area contributed by atoms with Crippen molar-refractivity contribution in [2.45, 2.75) is 12.8 Å². The second-order valence-electron chi connectivity index (χ2n) is 4.66. The van der Waals surface area contributed by atoms with Crippen LogP contribution in [0.1, 0.15) is 18.4 Å². The van der Waals surface area contributed by atoms with Crippen molar-refractivity contribution in [3.63, 3.8) is 0 Å². The van der Waals surface area contributed by atoms with Crippen LogP contribution in [0.3, 0.4) is 0 Å². The predicted molar refractivity (Wildman–Crippen MR) is 82.1 cm³/mol. The Morgan fingerprint density at radius 1 is 1.50 bits per heavy atom. The maximum absolute atomic E-state index is 11.7. The summed E-state index contributed by atoms with van der Waals surface area (Å²) in [5.41, 5.74) is 3.36. The van der Waals surface area contributed by atoms with Crippen LogP contribution in [0.5, 0.6) is 5.75 Å². The van der Waals surface area contributed by atoms with Crippen LogP contribution in [0, 0.1) is 0 Å². The minimum absolute atomic E-state index is 0.0860. The van der Waals surface area contributed by atoms with Crippen LogP contribution >= 0.6 is 15.9 Å². The third-order valence-corrected chi connectivity index (χ3v) is 3.64. The first kappa shape index (κ1) is 15.0. The van der Waals surface area contributed by atoms with Gasteiger partial charge in [-0.15, -0.1) is 0 Å². The Balaban J connectivity index is 1.89. The molecule has 0 atom stereocenters. The molecule has 1 fully saturated rings. The molecule has 1 aromatic rings. The van der Waals surface area contributed by atoms with Gasteiger partial charge in [0.2, 0.25) is 0 Å². The van der Waals surface area contributed by atoms with Gasteiger partial charge in [-0.1, -0.05) is 15.9 Å². The Morgan fingerprint density at radius 3 is 2.95 bits per heavy atom. The molecule has 1 aliphatic rings. The number of carbonyl (C=O) groups is 1. The lowest BCUT2D eigenvalue weighted by molar-refractivity contribution is -0.121. The second kappa shape index (κ2) is 7.40. The van der Waals surface area contributed by atoms with Crippen molar-refractivity contribution in [2.75, 3.05) is 26.7 Å². The molecule has 1 aromatic carbocycles. The minimum Gasteiger partial charge on any atom is -0.496 e. The number of amides is 1. The van der Waals surface area contributed by atoms with Gasteiger partial charge in [-0.25, -0.2) is 5.43 Å². The quantitative estimate of drug-likeness (QED) is 0.659. The van der Waals surface area contributed by atoms with E-state index in [0.717, 1.165) is 23.1 Å². The van der Waals surface area contributed by atoms with Gasteiger partial charge in [0.1, 0.15) is 5.75 Å². The number of nitrogens with zero attached hydrogens (tertiary/aromatic N) is 2. The Morgan fingerprint density at radius 2 is 2.25 bits per heavy atom. The number of hydrogen-bond acceptors (Lipinski definition) is 4. The highest BCUT2D eigenvalue weighted by atomic mass is 79.9. The summed E-state index contributed by atoms with van der Waals surface area (Å²) in [6, 6.07) is 5.62. The van der Waals surface area contributed by atoms with Crippen molar-refractivity contribution in [1.82, 2.24) is 10.3 Å². The van der Waals surface area contributed by atoms with E-state index >= 15 is 0 Å². The van der Waals surface area contributed by atoms with Gasteiger partial charge in [-0.2, -0.15) is 5.10 Å². The van der Waals surface area contributed by atoms with E-state index in [9.17, 15) is 4.79 Å². The zero-order chi connectivity index (χ0) is 14.4. The van der Waals surface area contributed by atoms with Crippen molar-refractivity contribution in [3.8, 4) is 5.75 Å². The van der Waals surface area contributed by atoms with E-state index in [2.05, 4.69) is 31.4 Å². The number of ether oxygens (including phenoxy) is 1. The van der Waals surface area contributed by atoms with E-state index in [0.29, 0.717) is 12.3 Å². The summed E-state index contributed by atoms with van der Waals surface area (Å²) < 4.78 is 6.17. The lowest BCUT2D eigenvalue weighted by atomic mass is 10.2. The van der Waals surface area contributed by atoms with Gasteiger partial charge in [-0.05, 0) is 44.1 Å². The summed E-state index contributed by atoms with van der Waals surface area (Å²) in [6.45, 7) is 2.40. The topological polar surface area (TPSA) is 53.9 Å². The molecule has 0 radical (unpaired) electrons. The molecule has 5 nitrogen and oxygen atoms in total. The number of rotatable bonds is 5. The molecule has 1 aliphatic heterocycles. The van der Waals surface area contributed by atoms with Gasteiger partial charge >= 0.3 is 0 Å². The lowest BCUT2D eigenvalue weighted by Crippen LogP contribution is -2.33. The fraction of sp³-hybridized carbons (Fsp3) is 0.429. The van der Waals surface area contributed by atoms with Gasteiger partial charge in [0, 0.05) is 10.0 Å². The first-order chi connectivity index (χ1) is 9.69. The largest absolute Gasteiger partial charge is 0.496 e. The molecule has 1 amide bonds. The number of halogens is 1. The zero-order valence-electron chi connectivity index (χ0n) is 11.4. The number of benzene rings is 1. The normalized spacial score (nSPS) is 15.7. The summed E-state index contributed by atoms with van der Waals surface area (Å²) >= 11 is 3.39. The molecular weight excluding hydrogens is 322 g/mol. The van der Waals surface area contributed by atoms with Crippen molar-refractivity contribution in [1.29, 1.82) is 0 Å². The van der Waals surface area contributed by atoms with Crippen LogP contribution in [0.4, 0.5) is 0 Å². The standard InChI is InChI=1S/C14H18BrN3O2/c1-20-13-5-4-12(15)8-11(13)9-16-17-14(19)10-18-6-2-3-7-18/h4-5,8-9H,2-3,6-7,10H2,1H3,(H,17,19)/b16-9-. The average molecular weight is 340 g/mol. The second-order valence-corrected chi connectivity index (χ2v) is 5.58. The molecule has 20 heavy (non-hydrogen) atoms. The van der Waals surface area contributed by atoms with Crippen molar-refractivity contribution in [2.24, 2.45) is 5.10 Å². The van der Waals surface area contributed by atoms with Crippen molar-refractivity contribution in [3.05, 3.63) is 28.2 Å². The fourth-order valence-corrected chi connectivity index (χ4v) is 2.54. The highest BCUT2D eigenvalue weighted by Gasteiger charge is 2.14. The van der Waals surface area contributed by atoms with Gasteiger partial charge in [0.25, 0.3) is 5.91 Å². The van der Waals surface area contributed by atoms with Crippen LogP contribution in [0.15, 0.2) is 27.8 Å². The van der Waals surface area contributed by atoms with Crippen LogP contribution in [0.2, 0.25) is 0 Å². The first-order valence-electron chi connectivity index (χ1n) is 6.57. The summed E-state index contributed by atoms with van der Waals surface area (Å²) in [5.74, 6) is 0.628. The number of likely N-dealkylation sites (tertiary alicyclic amines) is 1. The summed E-state index contributed by atoms with van der Waals surface area (Å²) in [7, 11) is 1.60. The Labute approximate surface area is 127 Å². The zero-order valence-corrected chi connectivity index (χ0v) is 13.0. The summed E-state index contributed by atoms with van der Waals surface area (Å²) in [5, 5.41) is 3.98.